The normalized spacial score (nSPS) is 14.8. The van der Waals surface area contributed by atoms with Crippen LogP contribution in [0.2, 0.25) is 21.0 Å². The van der Waals surface area contributed by atoms with Crippen molar-refractivity contribution in [1.82, 2.24) is 4.57 Å². The monoisotopic (exact) mass is 1100 g/mol. The Morgan fingerprint density at radius 3 is 1.15 bits per heavy atom. The molecule has 328 valence electrons. The first-order valence-corrected chi connectivity index (χ1v) is 38.4. The van der Waals surface area contributed by atoms with Crippen LogP contribution in [0.5, 0.6) is 0 Å². The van der Waals surface area contributed by atoms with Crippen LogP contribution in [0.15, 0.2) is 44.0 Å². The van der Waals surface area contributed by atoms with Crippen LogP contribution in [-0.4, -0.2) is 31.1 Å². The van der Waals surface area contributed by atoms with Crippen LogP contribution in [0.25, 0.3) is 42.7 Å². The first kappa shape index (κ1) is 47.6. The molecule has 2 aliphatic heterocycles. The van der Waals surface area contributed by atoms with Crippen LogP contribution in [0, 0.1) is 0 Å². The average molecular weight is 1100 g/mol. The molecule has 0 atom stereocenters. The van der Waals surface area contributed by atoms with Gasteiger partial charge in [-0.15, -0.1) is 0 Å². The molecule has 2 aromatic carbocycles. The zero-order valence-corrected chi connectivity index (χ0v) is 47.4. The summed E-state index contributed by atoms with van der Waals surface area (Å²) < 4.78 is 13.0. The van der Waals surface area contributed by atoms with E-state index in [0.29, 0.717) is 6.04 Å². The topological polar surface area (TPSA) is 4.93 Å². The summed E-state index contributed by atoms with van der Waals surface area (Å²) in [5.41, 5.74) is 6.39. The van der Waals surface area contributed by atoms with Gasteiger partial charge >= 0.3 is 373 Å². The maximum absolute atomic E-state index is 4.05. The Bertz CT molecular complexity index is 2010. The van der Waals surface area contributed by atoms with Crippen molar-refractivity contribution in [2.75, 3.05) is 0 Å². The number of hydrogen-bond donors (Lipinski definition) is 0. The second-order valence-electron chi connectivity index (χ2n) is 19.1. The third-order valence-corrected chi connectivity index (χ3v) is 41.3. The van der Waals surface area contributed by atoms with Crippen molar-refractivity contribution in [2.24, 2.45) is 0 Å². The first-order chi connectivity index (χ1) is 29.3. The van der Waals surface area contributed by atoms with E-state index < -0.39 is 26.5 Å². The summed E-state index contributed by atoms with van der Waals surface area (Å²) in [7, 11) is 0. The van der Waals surface area contributed by atoms with Crippen LogP contribution in [0.1, 0.15) is 189 Å². The fraction of sp³-hybridized carbons (Fsp3) is 0.623. The molecule has 60 heavy (non-hydrogen) atoms. The summed E-state index contributed by atoms with van der Waals surface area (Å²) in [5.74, 6) is 0. The molecule has 7 rings (SSSR count). The van der Waals surface area contributed by atoms with Crippen LogP contribution in [-0.2, 0) is 0 Å². The molecule has 0 N–H and O–H groups in total. The minimum atomic E-state index is -2.66. The van der Waals surface area contributed by atoms with E-state index in [1.165, 1.54) is 170 Å². The van der Waals surface area contributed by atoms with Crippen molar-refractivity contribution in [3.8, 4) is 20.9 Å². The quantitative estimate of drug-likeness (QED) is 0.0365. The van der Waals surface area contributed by atoms with E-state index in [1.54, 1.807) is 42.7 Å². The van der Waals surface area contributed by atoms with Gasteiger partial charge in [-0.2, -0.15) is 0 Å². The van der Waals surface area contributed by atoms with Gasteiger partial charge in [0, 0.05) is 0 Å². The van der Waals surface area contributed by atoms with E-state index in [2.05, 4.69) is 137 Å². The van der Waals surface area contributed by atoms with E-state index >= 15 is 0 Å². The third kappa shape index (κ3) is 9.50. The summed E-state index contributed by atoms with van der Waals surface area (Å²) in [4.78, 5) is 3.27. The van der Waals surface area contributed by atoms with Gasteiger partial charge in [-0.3, -0.25) is 0 Å². The molecule has 1 nitrogen and oxygen atoms in total. The standard InChI is InChI=1S/C53H77Br2Ge2NS2/c1-7-13-19-21-23-25-27-39(28-26-24-22-20-14-8-2)58-48-35-42-44(56(29-15-9-3,30-16-10-4)46-37-50(54)59-52(42)46)33-40(48)41-34-45-43(36-49(41)58)53-47(38-51(55)60-53)57(45,31-17-11-5)32-18-12-6/h33-39H,7-32H2,1-6H3. The molecule has 0 unspecified atom stereocenters. The summed E-state index contributed by atoms with van der Waals surface area (Å²) in [6, 6.07) is 17.2. The fourth-order valence-corrected chi connectivity index (χ4v) is 43.0. The number of unbranched alkanes of at least 4 members (excludes halogenated alkanes) is 14. The van der Waals surface area contributed by atoms with Crippen molar-refractivity contribution >= 4 is 120 Å². The molecule has 0 fully saturated rings. The third-order valence-electron chi connectivity index (χ3n) is 15.0. The van der Waals surface area contributed by atoms with Crippen molar-refractivity contribution in [2.45, 2.75) is 210 Å². The molecule has 0 spiro atoms. The molecule has 0 saturated heterocycles. The predicted molar refractivity (Wildman–Crippen MR) is 285 cm³/mol. The van der Waals surface area contributed by atoms with E-state index in [4.69, 9.17) is 0 Å². The Morgan fingerprint density at radius 1 is 0.433 bits per heavy atom. The Hall–Kier alpha value is -0.314. The molecule has 3 aromatic heterocycles. The van der Waals surface area contributed by atoms with Gasteiger partial charge in [-0.05, 0) is 0 Å². The second-order valence-corrected chi connectivity index (χ2v) is 41.8. The molecule has 5 heterocycles. The van der Waals surface area contributed by atoms with Gasteiger partial charge in [-0.25, -0.2) is 0 Å². The van der Waals surface area contributed by atoms with E-state index in [-0.39, 0.29) is 0 Å². The Balaban J connectivity index is 1.48. The van der Waals surface area contributed by atoms with E-state index in [1.807, 2.05) is 17.6 Å². The molecule has 7 heteroatoms. The minimum absolute atomic E-state index is 0.545. The van der Waals surface area contributed by atoms with Gasteiger partial charge < -0.3 is 0 Å². The summed E-state index contributed by atoms with van der Waals surface area (Å²) in [6.45, 7) is 14.4. The number of hydrogen-bond acceptors (Lipinski definition) is 2. The molecule has 0 bridgehead atoms. The Kier molecular flexibility index (Phi) is 17.7. The van der Waals surface area contributed by atoms with Gasteiger partial charge in [0.1, 0.15) is 0 Å². The second kappa shape index (κ2) is 22.2. The number of aromatic nitrogens is 1. The number of rotatable bonds is 27. The van der Waals surface area contributed by atoms with Gasteiger partial charge in [0.2, 0.25) is 0 Å². The Morgan fingerprint density at radius 2 is 0.783 bits per heavy atom. The van der Waals surface area contributed by atoms with Gasteiger partial charge in [0.15, 0.2) is 0 Å². The van der Waals surface area contributed by atoms with Crippen LogP contribution < -0.4 is 17.6 Å². The van der Waals surface area contributed by atoms with Crippen molar-refractivity contribution in [3.63, 3.8) is 0 Å². The van der Waals surface area contributed by atoms with Gasteiger partial charge in [0.05, 0.1) is 0 Å². The number of benzene rings is 2. The molecule has 0 amide bonds. The number of fused-ring (bicyclic) bond motifs is 9. The maximum atomic E-state index is 4.05. The van der Waals surface area contributed by atoms with E-state index in [0.717, 1.165) is 0 Å². The van der Waals surface area contributed by atoms with Crippen molar-refractivity contribution in [3.05, 3.63) is 44.0 Å². The van der Waals surface area contributed by atoms with Gasteiger partial charge in [0.25, 0.3) is 0 Å². The summed E-state index contributed by atoms with van der Waals surface area (Å²) >= 11 is 6.88. The molecule has 2 aliphatic rings. The Labute approximate surface area is 396 Å². The molecular weight excluding hydrogens is 1020 g/mol. The molecule has 0 saturated carbocycles. The predicted octanol–water partition coefficient (Wildman–Crippen LogP) is 17.8. The SMILES string of the molecule is CCCCCCCCC(CCCCCCCC)n1c2cc3[c](cc2c2c[c]4c(cc21)-c1sc(Br)c[c]1[Ge]4([CH2]CCC)[CH2]CCC)[Ge]([CH2]CCC)([CH2]CCC)[c]1cc(Br)sc1-3. The fourth-order valence-electron chi connectivity index (χ4n) is 11.8. The summed E-state index contributed by atoms with van der Waals surface area (Å²) in [6.07, 6.45) is 29.7. The number of halogens is 2. The molecular formula is C53H77Br2Ge2NS2. The zero-order valence-electron chi connectivity index (χ0n) is 38.4. The van der Waals surface area contributed by atoms with Crippen LogP contribution in [0.3, 0.4) is 0 Å². The number of nitrogens with zero attached hydrogens (tertiary/aromatic N) is 1. The average Bonchev–Trinajstić information content (AvgIpc) is 4.02. The van der Waals surface area contributed by atoms with Crippen molar-refractivity contribution in [1.29, 1.82) is 0 Å². The summed E-state index contributed by atoms with van der Waals surface area (Å²) in [5, 5.41) is 8.99. The van der Waals surface area contributed by atoms with Crippen LogP contribution >= 0.6 is 54.5 Å². The zero-order chi connectivity index (χ0) is 42.3. The molecule has 0 aliphatic carbocycles. The molecule has 0 radical (unpaired) electrons. The first-order valence-electron chi connectivity index (χ1n) is 25.1. The van der Waals surface area contributed by atoms with Crippen LogP contribution in [0.4, 0.5) is 0 Å². The van der Waals surface area contributed by atoms with E-state index in [9.17, 15) is 0 Å². The number of thiophene rings is 2. The molecule has 5 aromatic rings. The van der Waals surface area contributed by atoms with Gasteiger partial charge in [-0.1, -0.05) is 26.7 Å². The van der Waals surface area contributed by atoms with Crippen molar-refractivity contribution < 1.29 is 0 Å².